The number of amides is 1. The van der Waals surface area contributed by atoms with E-state index in [0.717, 1.165) is 18.5 Å². The van der Waals surface area contributed by atoms with Crippen molar-refractivity contribution in [1.29, 1.82) is 0 Å². The smallest absolute Gasteiger partial charge is 0.326 e. The first kappa shape index (κ1) is 14.4. The van der Waals surface area contributed by atoms with E-state index < -0.39 is 12.0 Å². The molecular formula is C15H20N2O3. The number of likely N-dealkylation sites (tertiary alicyclic amines) is 1. The first-order chi connectivity index (χ1) is 9.50. The van der Waals surface area contributed by atoms with Crippen LogP contribution in [0.5, 0.6) is 0 Å². The lowest BCUT2D eigenvalue weighted by Crippen LogP contribution is -2.48. The van der Waals surface area contributed by atoms with Gasteiger partial charge < -0.3 is 14.9 Å². The number of benzene rings is 1. The van der Waals surface area contributed by atoms with Crippen LogP contribution in [0.25, 0.3) is 0 Å². The SMILES string of the molecule is CN(C)c1cccc(C(=O)N2CCCC[C@@H]2C(=O)O)c1. The first-order valence-electron chi connectivity index (χ1n) is 6.82. The molecule has 0 bridgehead atoms. The lowest BCUT2D eigenvalue weighted by Gasteiger charge is -2.33. The number of rotatable bonds is 3. The van der Waals surface area contributed by atoms with Crippen LogP contribution in [0.4, 0.5) is 5.69 Å². The van der Waals surface area contributed by atoms with Crippen molar-refractivity contribution < 1.29 is 14.7 Å². The average molecular weight is 276 g/mol. The van der Waals surface area contributed by atoms with E-state index in [1.165, 1.54) is 4.90 Å². The number of hydrogen-bond donors (Lipinski definition) is 1. The second-order valence-electron chi connectivity index (χ2n) is 5.29. The Labute approximate surface area is 118 Å². The number of piperidine rings is 1. The van der Waals surface area contributed by atoms with E-state index in [0.29, 0.717) is 18.5 Å². The predicted octanol–water partition coefficient (Wildman–Crippen LogP) is 1.83. The van der Waals surface area contributed by atoms with E-state index in [4.69, 9.17) is 0 Å². The van der Waals surface area contributed by atoms with E-state index in [9.17, 15) is 14.7 Å². The summed E-state index contributed by atoms with van der Waals surface area (Å²) < 4.78 is 0. The summed E-state index contributed by atoms with van der Waals surface area (Å²) in [5, 5.41) is 9.25. The molecule has 0 saturated carbocycles. The van der Waals surface area contributed by atoms with Crippen molar-refractivity contribution in [2.45, 2.75) is 25.3 Å². The minimum absolute atomic E-state index is 0.194. The Hall–Kier alpha value is -2.04. The van der Waals surface area contributed by atoms with Gasteiger partial charge in [0.25, 0.3) is 5.91 Å². The second kappa shape index (κ2) is 5.94. The molecule has 1 heterocycles. The summed E-state index contributed by atoms with van der Waals surface area (Å²) in [4.78, 5) is 27.2. The highest BCUT2D eigenvalue weighted by molar-refractivity contribution is 5.97. The minimum atomic E-state index is -0.915. The maximum Gasteiger partial charge on any atom is 0.326 e. The number of carboxylic acids is 1. The van der Waals surface area contributed by atoms with Crippen molar-refractivity contribution >= 4 is 17.6 Å². The summed E-state index contributed by atoms with van der Waals surface area (Å²) >= 11 is 0. The third-order valence-corrected chi connectivity index (χ3v) is 3.66. The van der Waals surface area contributed by atoms with Crippen molar-refractivity contribution in [1.82, 2.24) is 4.90 Å². The third-order valence-electron chi connectivity index (χ3n) is 3.66. The highest BCUT2D eigenvalue weighted by Gasteiger charge is 2.32. The molecule has 20 heavy (non-hydrogen) atoms. The van der Waals surface area contributed by atoms with Crippen molar-refractivity contribution in [2.24, 2.45) is 0 Å². The quantitative estimate of drug-likeness (QED) is 0.915. The third kappa shape index (κ3) is 2.92. The van der Waals surface area contributed by atoms with Crippen LogP contribution in [0.2, 0.25) is 0 Å². The number of carbonyl (C=O) groups is 2. The van der Waals surface area contributed by atoms with Crippen molar-refractivity contribution in [3.63, 3.8) is 0 Å². The normalized spacial score (nSPS) is 18.7. The summed E-state index contributed by atoms with van der Waals surface area (Å²) in [6.45, 7) is 0.516. The van der Waals surface area contributed by atoms with E-state index in [-0.39, 0.29) is 5.91 Å². The molecule has 1 aromatic rings. The standard InChI is InChI=1S/C15H20N2O3/c1-16(2)12-7-5-6-11(10-12)14(18)17-9-4-3-8-13(17)15(19)20/h5-7,10,13H,3-4,8-9H2,1-2H3,(H,19,20)/t13-/m1/s1. The number of aliphatic carboxylic acids is 1. The molecule has 0 aromatic heterocycles. The molecule has 1 aliphatic heterocycles. The highest BCUT2D eigenvalue weighted by atomic mass is 16.4. The van der Waals surface area contributed by atoms with Crippen LogP contribution in [0.15, 0.2) is 24.3 Å². The van der Waals surface area contributed by atoms with Crippen LogP contribution in [-0.2, 0) is 4.79 Å². The van der Waals surface area contributed by atoms with Gasteiger partial charge in [-0.1, -0.05) is 6.07 Å². The van der Waals surface area contributed by atoms with Gasteiger partial charge in [-0.2, -0.15) is 0 Å². The number of anilines is 1. The summed E-state index contributed by atoms with van der Waals surface area (Å²) in [6.07, 6.45) is 2.26. The largest absolute Gasteiger partial charge is 0.480 e. The van der Waals surface area contributed by atoms with Gasteiger partial charge in [-0.15, -0.1) is 0 Å². The Balaban J connectivity index is 2.25. The monoisotopic (exact) mass is 276 g/mol. The molecule has 1 atom stereocenters. The molecule has 1 aliphatic rings. The summed E-state index contributed by atoms with van der Waals surface area (Å²) in [5.74, 6) is -1.11. The zero-order valence-corrected chi connectivity index (χ0v) is 11.9. The maximum atomic E-state index is 12.5. The molecule has 1 aromatic carbocycles. The van der Waals surface area contributed by atoms with Crippen molar-refractivity contribution in [2.75, 3.05) is 25.5 Å². The molecule has 1 amide bonds. The molecule has 0 unspecified atom stereocenters. The summed E-state index contributed by atoms with van der Waals surface area (Å²) in [6, 6.07) is 6.59. The Kier molecular flexibility index (Phi) is 4.27. The van der Waals surface area contributed by atoms with Gasteiger partial charge >= 0.3 is 5.97 Å². The molecule has 1 saturated heterocycles. The van der Waals surface area contributed by atoms with Crippen molar-refractivity contribution in [3.05, 3.63) is 29.8 Å². The molecule has 0 aliphatic carbocycles. The minimum Gasteiger partial charge on any atom is -0.480 e. The van der Waals surface area contributed by atoms with Gasteiger partial charge in [0.1, 0.15) is 6.04 Å². The highest BCUT2D eigenvalue weighted by Crippen LogP contribution is 2.21. The number of hydrogen-bond acceptors (Lipinski definition) is 3. The van der Waals surface area contributed by atoms with Gasteiger partial charge in [-0.3, -0.25) is 4.79 Å². The molecule has 1 N–H and O–H groups in total. The second-order valence-corrected chi connectivity index (χ2v) is 5.29. The van der Waals surface area contributed by atoms with E-state index >= 15 is 0 Å². The summed E-state index contributed by atoms with van der Waals surface area (Å²) in [5.41, 5.74) is 1.48. The van der Waals surface area contributed by atoms with Crippen LogP contribution in [0.3, 0.4) is 0 Å². The summed E-state index contributed by atoms with van der Waals surface area (Å²) in [7, 11) is 3.81. The fraction of sp³-hybridized carbons (Fsp3) is 0.467. The fourth-order valence-corrected chi connectivity index (χ4v) is 2.51. The van der Waals surface area contributed by atoms with Gasteiger partial charge in [0.2, 0.25) is 0 Å². The van der Waals surface area contributed by atoms with Crippen LogP contribution in [0, 0.1) is 0 Å². The zero-order chi connectivity index (χ0) is 14.7. The predicted molar refractivity (Wildman–Crippen MR) is 77.1 cm³/mol. The first-order valence-corrected chi connectivity index (χ1v) is 6.82. The molecule has 1 fully saturated rings. The molecule has 2 rings (SSSR count). The molecule has 5 nitrogen and oxygen atoms in total. The number of carboxylic acid groups (broad SMARTS) is 1. The molecule has 0 radical (unpaired) electrons. The van der Waals surface area contributed by atoms with Crippen LogP contribution in [-0.4, -0.2) is 48.6 Å². The Morgan fingerprint density at radius 3 is 2.70 bits per heavy atom. The topological polar surface area (TPSA) is 60.9 Å². The Morgan fingerprint density at radius 1 is 1.30 bits per heavy atom. The number of nitrogens with zero attached hydrogens (tertiary/aromatic N) is 2. The van der Waals surface area contributed by atoms with Crippen molar-refractivity contribution in [3.8, 4) is 0 Å². The average Bonchev–Trinajstić information content (AvgIpc) is 2.46. The Bertz CT molecular complexity index is 514. The van der Waals surface area contributed by atoms with Gasteiger partial charge in [0, 0.05) is 31.9 Å². The van der Waals surface area contributed by atoms with E-state index in [2.05, 4.69) is 0 Å². The van der Waals surface area contributed by atoms with Crippen LogP contribution in [0.1, 0.15) is 29.6 Å². The number of carbonyl (C=O) groups excluding carboxylic acids is 1. The molecule has 0 spiro atoms. The van der Waals surface area contributed by atoms with Gasteiger partial charge in [0.15, 0.2) is 0 Å². The molecule has 108 valence electrons. The lowest BCUT2D eigenvalue weighted by molar-refractivity contribution is -0.143. The molecular weight excluding hydrogens is 256 g/mol. The van der Waals surface area contributed by atoms with Gasteiger partial charge in [0.05, 0.1) is 0 Å². The Morgan fingerprint density at radius 2 is 2.05 bits per heavy atom. The van der Waals surface area contributed by atoms with Crippen LogP contribution < -0.4 is 4.90 Å². The van der Waals surface area contributed by atoms with Gasteiger partial charge in [-0.05, 0) is 37.5 Å². The zero-order valence-electron chi connectivity index (χ0n) is 11.9. The molecule has 5 heteroatoms. The van der Waals surface area contributed by atoms with Gasteiger partial charge in [-0.25, -0.2) is 4.79 Å². The fourth-order valence-electron chi connectivity index (χ4n) is 2.51. The maximum absolute atomic E-state index is 12.5. The van der Waals surface area contributed by atoms with Crippen LogP contribution >= 0.6 is 0 Å². The van der Waals surface area contributed by atoms with E-state index in [1.54, 1.807) is 12.1 Å². The van der Waals surface area contributed by atoms with E-state index in [1.807, 2.05) is 31.1 Å². The lowest BCUT2D eigenvalue weighted by atomic mass is 10.0.